The van der Waals surface area contributed by atoms with E-state index in [1.807, 2.05) is 12.3 Å². The number of benzene rings is 3. The minimum atomic E-state index is 1.10. The van der Waals surface area contributed by atoms with Crippen molar-refractivity contribution in [1.82, 2.24) is 9.55 Å². The molecule has 3 heteroatoms. The number of halogens is 1. The number of aromatic nitrogens is 2. The van der Waals surface area contributed by atoms with E-state index in [9.17, 15) is 0 Å². The first kappa shape index (κ1) is 15.4. The fraction of sp³-hybridized carbons (Fsp3) is 0. The van der Waals surface area contributed by atoms with Crippen LogP contribution in [0.5, 0.6) is 0 Å². The highest BCUT2D eigenvalue weighted by Gasteiger charge is 2.12. The van der Waals surface area contributed by atoms with Crippen molar-refractivity contribution in [3.63, 3.8) is 0 Å². The fourth-order valence-electron chi connectivity index (χ4n) is 3.56. The SMILES string of the molecule is Brc1ccc2c(c1)c1ccccc1n2-c1ccc(-c2cccnc2)cc1. The van der Waals surface area contributed by atoms with E-state index >= 15 is 0 Å². The van der Waals surface area contributed by atoms with Crippen molar-refractivity contribution in [1.29, 1.82) is 0 Å². The normalized spacial score (nSPS) is 11.3. The first-order valence-electron chi connectivity index (χ1n) is 8.51. The van der Waals surface area contributed by atoms with Gasteiger partial charge in [-0.25, -0.2) is 0 Å². The van der Waals surface area contributed by atoms with Gasteiger partial charge in [-0.05, 0) is 53.6 Å². The third kappa shape index (κ3) is 2.44. The van der Waals surface area contributed by atoms with Gasteiger partial charge in [-0.15, -0.1) is 0 Å². The number of pyridine rings is 1. The molecule has 0 fully saturated rings. The van der Waals surface area contributed by atoms with Gasteiger partial charge < -0.3 is 4.57 Å². The molecule has 0 spiro atoms. The molecule has 0 aliphatic heterocycles. The van der Waals surface area contributed by atoms with Crippen molar-refractivity contribution >= 4 is 37.7 Å². The van der Waals surface area contributed by atoms with Gasteiger partial charge in [0.05, 0.1) is 11.0 Å². The molecule has 0 radical (unpaired) electrons. The summed E-state index contributed by atoms with van der Waals surface area (Å²) in [4.78, 5) is 4.21. The first-order valence-corrected chi connectivity index (χ1v) is 9.30. The fourth-order valence-corrected chi connectivity index (χ4v) is 3.92. The maximum absolute atomic E-state index is 4.21. The van der Waals surface area contributed by atoms with Crippen LogP contribution in [0, 0.1) is 0 Å². The molecule has 26 heavy (non-hydrogen) atoms. The Kier molecular flexibility index (Phi) is 3.61. The predicted octanol–water partition coefficient (Wildman–Crippen LogP) is 6.61. The molecule has 2 aromatic heterocycles. The molecule has 0 aliphatic rings. The van der Waals surface area contributed by atoms with Gasteiger partial charge in [0.1, 0.15) is 0 Å². The van der Waals surface area contributed by atoms with E-state index in [4.69, 9.17) is 0 Å². The third-order valence-corrected chi connectivity index (χ3v) is 5.25. The second-order valence-corrected chi connectivity index (χ2v) is 7.22. The average molecular weight is 399 g/mol. The Morgan fingerprint density at radius 3 is 2.31 bits per heavy atom. The summed E-state index contributed by atoms with van der Waals surface area (Å²) in [5.41, 5.74) is 5.89. The van der Waals surface area contributed by atoms with E-state index in [-0.39, 0.29) is 0 Å². The lowest BCUT2D eigenvalue weighted by Crippen LogP contribution is -1.93. The van der Waals surface area contributed by atoms with Crippen molar-refractivity contribution in [3.05, 3.63) is 95.7 Å². The van der Waals surface area contributed by atoms with Crippen LogP contribution in [0.4, 0.5) is 0 Å². The Hall–Kier alpha value is -2.91. The zero-order chi connectivity index (χ0) is 17.5. The molecule has 2 heterocycles. The smallest absolute Gasteiger partial charge is 0.0541 e. The zero-order valence-electron chi connectivity index (χ0n) is 13.9. The summed E-state index contributed by atoms with van der Waals surface area (Å²) in [6.45, 7) is 0. The summed E-state index contributed by atoms with van der Waals surface area (Å²) in [6, 6.07) is 27.7. The van der Waals surface area contributed by atoms with E-state index in [1.54, 1.807) is 6.20 Å². The van der Waals surface area contributed by atoms with E-state index in [0.717, 1.165) is 15.7 Å². The molecule has 3 aromatic carbocycles. The molecule has 0 N–H and O–H groups in total. The van der Waals surface area contributed by atoms with Gasteiger partial charge >= 0.3 is 0 Å². The van der Waals surface area contributed by atoms with Gasteiger partial charge in [0, 0.05) is 33.3 Å². The highest BCUT2D eigenvalue weighted by atomic mass is 79.9. The van der Waals surface area contributed by atoms with Gasteiger partial charge in [0.2, 0.25) is 0 Å². The quantitative estimate of drug-likeness (QED) is 0.327. The molecule has 0 saturated carbocycles. The lowest BCUT2D eigenvalue weighted by Gasteiger charge is -2.09. The van der Waals surface area contributed by atoms with Gasteiger partial charge in [-0.2, -0.15) is 0 Å². The average Bonchev–Trinajstić information content (AvgIpc) is 3.02. The summed E-state index contributed by atoms with van der Waals surface area (Å²) in [6.07, 6.45) is 3.70. The molecular weight excluding hydrogens is 384 g/mol. The molecule has 0 amide bonds. The van der Waals surface area contributed by atoms with Crippen molar-refractivity contribution in [3.8, 4) is 16.8 Å². The number of para-hydroxylation sites is 1. The van der Waals surface area contributed by atoms with Crippen LogP contribution in [0.1, 0.15) is 0 Å². The summed E-state index contributed by atoms with van der Waals surface area (Å²) in [7, 11) is 0. The number of hydrogen-bond acceptors (Lipinski definition) is 1. The molecule has 0 bridgehead atoms. The van der Waals surface area contributed by atoms with Gasteiger partial charge in [0.25, 0.3) is 0 Å². The van der Waals surface area contributed by atoms with Gasteiger partial charge in [0.15, 0.2) is 0 Å². The van der Waals surface area contributed by atoms with Crippen molar-refractivity contribution in [2.45, 2.75) is 0 Å². The molecule has 0 aliphatic carbocycles. The molecule has 0 saturated heterocycles. The third-order valence-electron chi connectivity index (χ3n) is 4.76. The lowest BCUT2D eigenvalue weighted by atomic mass is 10.1. The summed E-state index contributed by atoms with van der Waals surface area (Å²) in [5, 5.41) is 2.52. The Labute approximate surface area is 159 Å². The van der Waals surface area contributed by atoms with E-state index in [0.29, 0.717) is 0 Å². The van der Waals surface area contributed by atoms with Crippen LogP contribution in [0.2, 0.25) is 0 Å². The summed E-state index contributed by atoms with van der Waals surface area (Å²) >= 11 is 3.60. The molecule has 0 atom stereocenters. The van der Waals surface area contributed by atoms with Crippen LogP contribution in [-0.4, -0.2) is 9.55 Å². The highest BCUT2D eigenvalue weighted by molar-refractivity contribution is 9.10. The largest absolute Gasteiger partial charge is 0.309 e. The van der Waals surface area contributed by atoms with E-state index in [1.165, 1.54) is 27.4 Å². The minimum Gasteiger partial charge on any atom is -0.309 e. The second-order valence-electron chi connectivity index (χ2n) is 6.30. The second kappa shape index (κ2) is 6.11. The standard InChI is InChI=1S/C23H15BrN2/c24-18-9-12-23-21(14-18)20-5-1-2-6-22(20)26(23)19-10-7-16(8-11-19)17-4-3-13-25-15-17/h1-15H. The Balaban J connectivity index is 1.73. The topological polar surface area (TPSA) is 17.8 Å². The van der Waals surface area contributed by atoms with Crippen LogP contribution < -0.4 is 0 Å². The van der Waals surface area contributed by atoms with Crippen molar-refractivity contribution in [2.24, 2.45) is 0 Å². The van der Waals surface area contributed by atoms with Crippen LogP contribution in [0.3, 0.4) is 0 Å². The molecular formula is C23H15BrN2. The number of rotatable bonds is 2. The minimum absolute atomic E-state index is 1.10. The lowest BCUT2D eigenvalue weighted by molar-refractivity contribution is 1.18. The Bertz CT molecular complexity index is 1220. The van der Waals surface area contributed by atoms with Gasteiger partial charge in [-0.3, -0.25) is 4.98 Å². The summed E-state index contributed by atoms with van der Waals surface area (Å²) < 4.78 is 3.42. The monoisotopic (exact) mass is 398 g/mol. The van der Waals surface area contributed by atoms with Gasteiger partial charge in [-0.1, -0.05) is 52.3 Å². The van der Waals surface area contributed by atoms with Crippen LogP contribution in [-0.2, 0) is 0 Å². The predicted molar refractivity (Wildman–Crippen MR) is 112 cm³/mol. The zero-order valence-corrected chi connectivity index (χ0v) is 15.5. The highest BCUT2D eigenvalue weighted by Crippen LogP contribution is 2.34. The number of hydrogen-bond donors (Lipinski definition) is 0. The molecule has 0 unspecified atom stereocenters. The van der Waals surface area contributed by atoms with Crippen LogP contribution in [0.15, 0.2) is 95.7 Å². The molecule has 124 valence electrons. The van der Waals surface area contributed by atoms with E-state index < -0.39 is 0 Å². The maximum Gasteiger partial charge on any atom is 0.0541 e. The maximum atomic E-state index is 4.21. The van der Waals surface area contributed by atoms with E-state index in [2.05, 4.69) is 98.3 Å². The van der Waals surface area contributed by atoms with Crippen molar-refractivity contribution < 1.29 is 0 Å². The first-order chi connectivity index (χ1) is 12.8. The summed E-state index contributed by atoms with van der Waals surface area (Å²) in [5.74, 6) is 0. The molecule has 5 aromatic rings. The number of nitrogens with zero attached hydrogens (tertiary/aromatic N) is 2. The molecule has 2 nitrogen and oxygen atoms in total. The van der Waals surface area contributed by atoms with Crippen LogP contribution in [0.25, 0.3) is 38.6 Å². The number of fused-ring (bicyclic) bond motifs is 3. The molecule has 5 rings (SSSR count). The Morgan fingerprint density at radius 1 is 0.692 bits per heavy atom. The van der Waals surface area contributed by atoms with Crippen LogP contribution >= 0.6 is 15.9 Å². The Morgan fingerprint density at radius 2 is 1.50 bits per heavy atom. The van der Waals surface area contributed by atoms with Crippen molar-refractivity contribution in [2.75, 3.05) is 0 Å².